The van der Waals surface area contributed by atoms with Crippen LogP contribution in [0.3, 0.4) is 0 Å². The molecule has 0 unspecified atom stereocenters. The number of amides is 1. The van der Waals surface area contributed by atoms with E-state index in [0.717, 1.165) is 78.9 Å². The summed E-state index contributed by atoms with van der Waals surface area (Å²) < 4.78 is 5.71. The minimum absolute atomic E-state index is 0.0352. The number of ether oxygens (including phenoxy) is 1. The summed E-state index contributed by atoms with van der Waals surface area (Å²) in [4.78, 5) is 26.4. The van der Waals surface area contributed by atoms with Gasteiger partial charge in [0.15, 0.2) is 0 Å². The lowest BCUT2D eigenvalue weighted by atomic mass is 10.1. The highest BCUT2D eigenvalue weighted by Gasteiger charge is 2.18. The summed E-state index contributed by atoms with van der Waals surface area (Å²) in [5.74, 6) is -0.0352. The average molecular weight is 531 g/mol. The van der Waals surface area contributed by atoms with E-state index in [1.54, 1.807) is 6.20 Å². The van der Waals surface area contributed by atoms with Gasteiger partial charge in [-0.25, -0.2) is 4.98 Å². The Morgan fingerprint density at radius 2 is 1.85 bits per heavy atom. The molecular weight excluding hydrogens is 488 g/mol. The zero-order valence-corrected chi connectivity index (χ0v) is 23.2. The summed E-state index contributed by atoms with van der Waals surface area (Å²) >= 11 is 0. The lowest BCUT2D eigenvalue weighted by Crippen LogP contribution is -2.44. The monoisotopic (exact) mass is 530 g/mol. The molecule has 208 valence electrons. The topological polar surface area (TPSA) is 82.6 Å². The van der Waals surface area contributed by atoms with Gasteiger partial charge in [-0.05, 0) is 89.6 Å². The molecule has 8 heteroatoms. The van der Waals surface area contributed by atoms with Gasteiger partial charge >= 0.3 is 0 Å². The standard InChI is InChI=1S/C31H42N6O2/c1-36-18-11-26(12-19-36)34-31(38)23-39-22-24-6-8-25(9-7-24)29-20-30(27-21-32-14-10-28(27)35-29)33-13-5-17-37-15-3-2-4-16-37/h6-10,14,20-21,26H,2-5,11-13,15-19,22-23H2,1H3,(H,33,35)(H,34,38). The van der Waals surface area contributed by atoms with Crippen LogP contribution in [-0.2, 0) is 16.1 Å². The van der Waals surface area contributed by atoms with E-state index in [1.165, 1.54) is 32.4 Å². The van der Waals surface area contributed by atoms with Gasteiger partial charge in [0.1, 0.15) is 6.61 Å². The Hall–Kier alpha value is -3.07. The van der Waals surface area contributed by atoms with Crippen LogP contribution >= 0.6 is 0 Å². The number of benzene rings is 1. The zero-order valence-electron chi connectivity index (χ0n) is 23.2. The number of rotatable bonds is 11. The lowest BCUT2D eigenvalue weighted by molar-refractivity contribution is -0.127. The molecule has 2 saturated heterocycles. The molecule has 0 atom stereocenters. The van der Waals surface area contributed by atoms with Crippen LogP contribution in [-0.4, -0.2) is 84.6 Å². The molecule has 1 aromatic carbocycles. The van der Waals surface area contributed by atoms with Crippen LogP contribution in [0.2, 0.25) is 0 Å². The first-order valence-corrected chi connectivity index (χ1v) is 14.5. The number of aromatic nitrogens is 2. The van der Waals surface area contributed by atoms with Gasteiger partial charge in [-0.2, -0.15) is 0 Å². The van der Waals surface area contributed by atoms with Crippen molar-refractivity contribution < 1.29 is 9.53 Å². The fourth-order valence-electron chi connectivity index (χ4n) is 5.53. The number of pyridine rings is 2. The van der Waals surface area contributed by atoms with E-state index in [1.807, 2.05) is 24.4 Å². The van der Waals surface area contributed by atoms with Crippen molar-refractivity contribution in [2.75, 3.05) is 58.2 Å². The molecule has 2 aliphatic rings. The van der Waals surface area contributed by atoms with Gasteiger partial charge in [0.2, 0.25) is 5.91 Å². The largest absolute Gasteiger partial charge is 0.384 e. The van der Waals surface area contributed by atoms with Gasteiger partial charge in [0, 0.05) is 41.6 Å². The maximum absolute atomic E-state index is 12.3. The van der Waals surface area contributed by atoms with E-state index < -0.39 is 0 Å². The van der Waals surface area contributed by atoms with E-state index in [9.17, 15) is 4.79 Å². The van der Waals surface area contributed by atoms with Crippen LogP contribution in [0, 0.1) is 0 Å². The van der Waals surface area contributed by atoms with E-state index in [4.69, 9.17) is 9.72 Å². The molecule has 3 aromatic rings. The minimum atomic E-state index is -0.0352. The van der Waals surface area contributed by atoms with E-state index >= 15 is 0 Å². The molecule has 0 spiro atoms. The molecule has 4 heterocycles. The number of nitrogens with one attached hydrogen (secondary N) is 2. The number of carbonyl (C=O) groups is 1. The van der Waals surface area contributed by atoms with E-state index in [0.29, 0.717) is 6.61 Å². The number of piperidine rings is 2. The fraction of sp³-hybridized carbons (Fsp3) is 0.516. The number of hydrogen-bond acceptors (Lipinski definition) is 7. The molecule has 1 amide bonds. The number of anilines is 1. The number of carbonyl (C=O) groups excluding carboxylic acids is 1. The Kier molecular flexibility index (Phi) is 9.75. The SMILES string of the molecule is CN1CCC(NC(=O)COCc2ccc(-c3cc(NCCCN4CCCCC4)c4cnccc4n3)cc2)CC1. The molecule has 2 aliphatic heterocycles. The highest BCUT2D eigenvalue weighted by molar-refractivity contribution is 5.93. The van der Waals surface area contributed by atoms with Gasteiger partial charge in [-0.3, -0.25) is 9.78 Å². The van der Waals surface area contributed by atoms with Crippen molar-refractivity contribution in [1.82, 2.24) is 25.1 Å². The van der Waals surface area contributed by atoms with Crippen LogP contribution in [0.15, 0.2) is 48.8 Å². The number of likely N-dealkylation sites (tertiary alicyclic amines) is 2. The van der Waals surface area contributed by atoms with Crippen LogP contribution in [0.25, 0.3) is 22.2 Å². The van der Waals surface area contributed by atoms with Gasteiger partial charge in [-0.1, -0.05) is 30.7 Å². The molecule has 5 rings (SSSR count). The van der Waals surface area contributed by atoms with Gasteiger partial charge in [0.25, 0.3) is 0 Å². The zero-order chi connectivity index (χ0) is 26.9. The Morgan fingerprint density at radius 1 is 1.05 bits per heavy atom. The number of fused-ring (bicyclic) bond motifs is 1. The molecule has 8 nitrogen and oxygen atoms in total. The van der Waals surface area contributed by atoms with Crippen molar-refractivity contribution in [3.63, 3.8) is 0 Å². The number of hydrogen-bond donors (Lipinski definition) is 2. The van der Waals surface area contributed by atoms with Crippen molar-refractivity contribution >= 4 is 22.5 Å². The quantitative estimate of drug-likeness (QED) is 0.358. The second-order valence-corrected chi connectivity index (χ2v) is 11.0. The van der Waals surface area contributed by atoms with E-state index in [-0.39, 0.29) is 18.6 Å². The Bertz CT molecular complexity index is 1200. The predicted molar refractivity (Wildman–Crippen MR) is 157 cm³/mol. The van der Waals surface area contributed by atoms with Gasteiger partial charge in [0.05, 0.1) is 17.8 Å². The maximum atomic E-state index is 12.3. The molecule has 0 bridgehead atoms. The first kappa shape index (κ1) is 27.5. The molecule has 2 N–H and O–H groups in total. The van der Waals surface area contributed by atoms with Crippen LogP contribution in [0.4, 0.5) is 5.69 Å². The van der Waals surface area contributed by atoms with Crippen molar-refractivity contribution in [1.29, 1.82) is 0 Å². The van der Waals surface area contributed by atoms with Gasteiger partial charge in [-0.15, -0.1) is 0 Å². The molecule has 0 radical (unpaired) electrons. The highest BCUT2D eigenvalue weighted by Crippen LogP contribution is 2.28. The van der Waals surface area contributed by atoms with Crippen LogP contribution in [0.1, 0.15) is 44.1 Å². The van der Waals surface area contributed by atoms with Crippen molar-refractivity contribution in [2.24, 2.45) is 0 Å². The molecule has 0 saturated carbocycles. The molecule has 39 heavy (non-hydrogen) atoms. The predicted octanol–water partition coefficient (Wildman–Crippen LogP) is 4.31. The summed E-state index contributed by atoms with van der Waals surface area (Å²) in [6.07, 6.45) is 10.8. The Morgan fingerprint density at radius 3 is 2.64 bits per heavy atom. The lowest BCUT2D eigenvalue weighted by Gasteiger charge is -2.29. The third kappa shape index (κ3) is 7.97. The fourth-order valence-corrected chi connectivity index (χ4v) is 5.53. The normalized spacial score (nSPS) is 17.4. The van der Waals surface area contributed by atoms with Crippen molar-refractivity contribution in [3.05, 3.63) is 54.4 Å². The maximum Gasteiger partial charge on any atom is 0.246 e. The third-order valence-electron chi connectivity index (χ3n) is 7.86. The van der Waals surface area contributed by atoms with E-state index in [2.05, 4.69) is 50.7 Å². The van der Waals surface area contributed by atoms with Crippen LogP contribution < -0.4 is 10.6 Å². The van der Waals surface area contributed by atoms with Crippen LogP contribution in [0.5, 0.6) is 0 Å². The Balaban J connectivity index is 1.15. The second kappa shape index (κ2) is 13.8. The summed E-state index contributed by atoms with van der Waals surface area (Å²) in [7, 11) is 2.12. The number of nitrogens with zero attached hydrogens (tertiary/aromatic N) is 4. The Labute approximate surface area is 232 Å². The first-order chi connectivity index (χ1) is 19.1. The summed E-state index contributed by atoms with van der Waals surface area (Å²) in [5.41, 5.74) is 5.02. The highest BCUT2D eigenvalue weighted by atomic mass is 16.5. The molecule has 2 fully saturated rings. The minimum Gasteiger partial charge on any atom is -0.384 e. The first-order valence-electron chi connectivity index (χ1n) is 14.5. The molecular formula is C31H42N6O2. The smallest absolute Gasteiger partial charge is 0.246 e. The third-order valence-corrected chi connectivity index (χ3v) is 7.86. The second-order valence-electron chi connectivity index (χ2n) is 11.0. The van der Waals surface area contributed by atoms with Gasteiger partial charge < -0.3 is 25.2 Å². The summed E-state index contributed by atoms with van der Waals surface area (Å²) in [6.45, 7) is 7.08. The molecule has 2 aromatic heterocycles. The summed E-state index contributed by atoms with van der Waals surface area (Å²) in [5, 5.41) is 7.80. The van der Waals surface area contributed by atoms with Crippen molar-refractivity contribution in [2.45, 2.75) is 51.2 Å². The average Bonchev–Trinajstić information content (AvgIpc) is 2.97. The van der Waals surface area contributed by atoms with Crippen molar-refractivity contribution in [3.8, 4) is 11.3 Å². The summed E-state index contributed by atoms with van der Waals surface area (Å²) in [6, 6.07) is 12.6. The molecule has 0 aliphatic carbocycles.